The molecule has 0 aliphatic heterocycles. The Morgan fingerprint density at radius 3 is 0.781 bits per heavy atom. The first-order chi connectivity index (χ1) is 14.8. The summed E-state index contributed by atoms with van der Waals surface area (Å²) >= 11 is 0. The van der Waals surface area contributed by atoms with Gasteiger partial charge in [0.05, 0.1) is 0 Å². The van der Waals surface area contributed by atoms with Gasteiger partial charge in [0.2, 0.25) is 6.71 Å². The summed E-state index contributed by atoms with van der Waals surface area (Å²) in [5, 5.41) is 1.35. The van der Waals surface area contributed by atoms with Crippen LogP contribution in [-0.2, 0) is 0 Å². The smallest absolute Gasteiger partial charge is 0.0901 e. The third-order valence-electron chi connectivity index (χ3n) is 5.41. The molecular weight excluding hydrogens is 402 g/mol. The van der Waals surface area contributed by atoms with Gasteiger partial charge in [-0.3, -0.25) is 0 Å². The minimum absolute atomic E-state index is 0.0162. The highest BCUT2D eigenvalue weighted by Crippen LogP contribution is 2.66. The third kappa shape index (κ3) is 7.63. The van der Waals surface area contributed by atoms with Crippen molar-refractivity contribution in [1.82, 2.24) is 0 Å². The first kappa shape index (κ1) is 26.4. The zero-order valence-corrected chi connectivity index (χ0v) is 22.6. The second-order valence-corrected chi connectivity index (χ2v) is 16.2. The van der Waals surface area contributed by atoms with E-state index in [0.29, 0.717) is 22.2 Å². The van der Waals surface area contributed by atoms with E-state index in [1.165, 1.54) is 16.4 Å². The zero-order chi connectivity index (χ0) is 24.0. The van der Waals surface area contributed by atoms with E-state index in [2.05, 4.69) is 153 Å². The molecule has 32 heavy (non-hydrogen) atoms. The van der Waals surface area contributed by atoms with Gasteiger partial charge in [-0.05, 0) is 15.5 Å². The molecule has 3 aromatic carbocycles. The van der Waals surface area contributed by atoms with Crippen LogP contribution in [0.3, 0.4) is 0 Å². The van der Waals surface area contributed by atoms with E-state index >= 15 is 0 Å². The number of benzene rings is 3. The summed E-state index contributed by atoms with van der Waals surface area (Å²) in [4.78, 5) is 0. The summed E-state index contributed by atoms with van der Waals surface area (Å²) in [6.45, 7) is 21.8. The first-order valence-electron chi connectivity index (χ1n) is 11.8. The predicted molar refractivity (Wildman–Crippen MR) is 150 cm³/mol. The summed E-state index contributed by atoms with van der Waals surface area (Å²) < 4.78 is 0. The molecule has 0 amide bonds. The van der Waals surface area contributed by atoms with Crippen molar-refractivity contribution in [2.45, 2.75) is 77.8 Å². The van der Waals surface area contributed by atoms with Crippen LogP contribution in [0.5, 0.6) is 0 Å². The number of hydrogen-bond acceptors (Lipinski definition) is 0. The Kier molecular flexibility index (Phi) is 8.95. The van der Waals surface area contributed by atoms with Gasteiger partial charge in [0.25, 0.3) is 0 Å². The second-order valence-electron chi connectivity index (χ2n) is 11.5. The minimum atomic E-state index is 0.0162. The molecule has 0 aliphatic carbocycles. The van der Waals surface area contributed by atoms with Crippen LogP contribution < -0.4 is 16.4 Å². The summed E-state index contributed by atoms with van der Waals surface area (Å²) in [5.41, 5.74) is 4.00. The van der Waals surface area contributed by atoms with Gasteiger partial charge >= 0.3 is 0 Å². The molecule has 0 radical (unpaired) electrons. The molecule has 0 atom stereocenters. The maximum Gasteiger partial charge on any atom is 0.241 e. The van der Waals surface area contributed by atoms with Crippen LogP contribution in [0.25, 0.3) is 0 Å². The van der Waals surface area contributed by atoms with E-state index in [9.17, 15) is 0 Å². The van der Waals surface area contributed by atoms with E-state index in [-0.39, 0.29) is 7.92 Å². The van der Waals surface area contributed by atoms with Gasteiger partial charge in [0.1, 0.15) is 0 Å². The van der Waals surface area contributed by atoms with E-state index in [1.807, 2.05) is 0 Å². The molecule has 0 aromatic heterocycles. The van der Waals surface area contributed by atoms with Crippen molar-refractivity contribution in [3.63, 3.8) is 0 Å². The summed E-state index contributed by atoms with van der Waals surface area (Å²) in [5.74, 6) is 0. The van der Waals surface area contributed by atoms with Crippen LogP contribution in [0.1, 0.15) is 62.3 Å². The quantitative estimate of drug-likeness (QED) is 0.300. The lowest BCUT2D eigenvalue weighted by atomic mass is 9.37. The largest absolute Gasteiger partial charge is 0.241 e. The van der Waals surface area contributed by atoms with E-state index in [4.69, 9.17) is 0 Å². The molecule has 0 unspecified atom stereocenters. The molecule has 0 spiro atoms. The van der Waals surface area contributed by atoms with E-state index in [1.54, 1.807) is 0 Å². The summed E-state index contributed by atoms with van der Waals surface area (Å²) in [6.07, 6.45) is 0. The Hall–Kier alpha value is -1.85. The van der Waals surface area contributed by atoms with Crippen molar-refractivity contribution in [3.8, 4) is 0 Å². The minimum Gasteiger partial charge on any atom is -0.0901 e. The topological polar surface area (TPSA) is 0 Å². The fourth-order valence-corrected chi connectivity index (χ4v) is 11.6. The molecule has 0 nitrogen and oxygen atoms in total. The lowest BCUT2D eigenvalue weighted by Gasteiger charge is -2.49. The fourth-order valence-electron chi connectivity index (χ4n) is 5.53. The van der Waals surface area contributed by atoms with E-state index in [0.717, 1.165) is 0 Å². The average Bonchev–Trinajstić information content (AvgIpc) is 2.68. The van der Waals surface area contributed by atoms with Crippen molar-refractivity contribution >= 4 is 31.0 Å². The molecule has 2 heteroatoms. The molecule has 0 saturated carbocycles. The molecule has 170 valence electrons. The molecule has 3 aromatic rings. The molecule has 0 bridgehead atoms. The Morgan fingerprint density at radius 2 is 0.625 bits per heavy atom. The SMILES string of the molecule is CC(C)(C)P(C(C)(C)C)C(C)(C)C.c1ccc(B(c2ccccc2)c2ccccc2)cc1. The number of hydrogen-bond donors (Lipinski definition) is 0. The van der Waals surface area contributed by atoms with Crippen LogP contribution in [0, 0.1) is 0 Å². The Morgan fingerprint density at radius 1 is 0.406 bits per heavy atom. The third-order valence-corrected chi connectivity index (χ3v) is 9.44. The summed E-state index contributed by atoms with van der Waals surface area (Å²) in [7, 11) is 0.0162. The Bertz CT molecular complexity index is 787. The van der Waals surface area contributed by atoms with Crippen LogP contribution in [0.15, 0.2) is 91.0 Å². The lowest BCUT2D eigenvalue weighted by Crippen LogP contribution is -2.51. The molecule has 0 heterocycles. The average molecular weight is 444 g/mol. The van der Waals surface area contributed by atoms with Gasteiger partial charge in [-0.15, -0.1) is 0 Å². The first-order valence-corrected chi connectivity index (χ1v) is 13.1. The predicted octanol–water partition coefficient (Wildman–Crippen LogP) is 7.07. The Labute approximate surface area is 199 Å². The lowest BCUT2D eigenvalue weighted by molar-refractivity contribution is 0.644. The maximum atomic E-state index is 2.38. The van der Waals surface area contributed by atoms with Gasteiger partial charge in [0, 0.05) is 0 Å². The van der Waals surface area contributed by atoms with Gasteiger partial charge < -0.3 is 0 Å². The molecular formula is C30H42BP. The van der Waals surface area contributed by atoms with Crippen molar-refractivity contribution < 1.29 is 0 Å². The maximum absolute atomic E-state index is 2.38. The normalized spacial score (nSPS) is 12.2. The zero-order valence-electron chi connectivity index (χ0n) is 21.7. The van der Waals surface area contributed by atoms with Crippen molar-refractivity contribution in [1.29, 1.82) is 0 Å². The highest BCUT2D eigenvalue weighted by atomic mass is 31.1. The van der Waals surface area contributed by atoms with Crippen LogP contribution in [-0.4, -0.2) is 22.2 Å². The van der Waals surface area contributed by atoms with Crippen LogP contribution >= 0.6 is 7.92 Å². The summed E-state index contributed by atoms with van der Waals surface area (Å²) in [6, 6.07) is 32.0. The van der Waals surface area contributed by atoms with Gasteiger partial charge in [-0.1, -0.05) is 178 Å². The van der Waals surface area contributed by atoms with Gasteiger partial charge in [-0.2, -0.15) is 0 Å². The highest BCUT2D eigenvalue weighted by molar-refractivity contribution is 7.62. The van der Waals surface area contributed by atoms with Gasteiger partial charge in [-0.25, -0.2) is 0 Å². The molecule has 0 N–H and O–H groups in total. The standard InChI is InChI=1S/C18H15B.C12H27P/c1-4-10-16(11-5-1)19(17-12-6-2-7-13-17)18-14-8-3-9-15-18;1-10(2,3)13(11(4,5)6)12(7,8)9/h1-15H;1-9H3. The van der Waals surface area contributed by atoms with Gasteiger partial charge in [0.15, 0.2) is 0 Å². The molecule has 0 saturated heterocycles. The second kappa shape index (κ2) is 10.8. The number of rotatable bonds is 3. The van der Waals surface area contributed by atoms with Crippen molar-refractivity contribution in [3.05, 3.63) is 91.0 Å². The fraction of sp³-hybridized carbons (Fsp3) is 0.400. The van der Waals surface area contributed by atoms with E-state index < -0.39 is 0 Å². The molecule has 0 aliphatic rings. The molecule has 0 fully saturated rings. The van der Waals surface area contributed by atoms with Crippen molar-refractivity contribution in [2.24, 2.45) is 0 Å². The van der Waals surface area contributed by atoms with Crippen LogP contribution in [0.2, 0.25) is 0 Å². The monoisotopic (exact) mass is 444 g/mol. The molecule has 3 rings (SSSR count). The Balaban J connectivity index is 0.000000247. The van der Waals surface area contributed by atoms with Crippen molar-refractivity contribution in [2.75, 3.05) is 0 Å². The van der Waals surface area contributed by atoms with Crippen LogP contribution in [0.4, 0.5) is 0 Å². The highest BCUT2D eigenvalue weighted by Gasteiger charge is 2.41.